The largest absolute Gasteiger partial charge is 0.274 e. The third-order valence-electron chi connectivity index (χ3n) is 4.51. The van der Waals surface area contributed by atoms with Gasteiger partial charge in [0.2, 0.25) is 5.91 Å². The normalized spacial score (nSPS) is 22.1. The summed E-state index contributed by atoms with van der Waals surface area (Å²) in [6.07, 6.45) is 1.78. The quantitative estimate of drug-likeness (QED) is 0.679. The zero-order valence-corrected chi connectivity index (χ0v) is 15.5. The molecule has 1 heterocycles. The van der Waals surface area contributed by atoms with Crippen LogP contribution in [0.4, 0.5) is 0 Å². The number of benzene rings is 1. The Bertz CT molecular complexity index is 793. The van der Waals surface area contributed by atoms with Crippen molar-refractivity contribution in [3.05, 3.63) is 34.8 Å². The van der Waals surface area contributed by atoms with Crippen molar-refractivity contribution in [2.45, 2.75) is 25.9 Å². The maximum Gasteiger partial charge on any atom is 0.237 e. The molecule has 0 unspecified atom stereocenters. The maximum absolute atomic E-state index is 13.2. The number of aromatic nitrogens is 2. The van der Waals surface area contributed by atoms with E-state index >= 15 is 0 Å². The minimum atomic E-state index is -0.147. The highest BCUT2D eigenvalue weighted by atomic mass is 35.5. The van der Waals surface area contributed by atoms with Gasteiger partial charge in [-0.1, -0.05) is 67.9 Å². The Kier molecular flexibility index (Phi) is 4.51. The van der Waals surface area contributed by atoms with Crippen LogP contribution >= 0.6 is 35.0 Å². The van der Waals surface area contributed by atoms with Crippen molar-refractivity contribution < 1.29 is 4.79 Å². The molecule has 0 saturated heterocycles. The van der Waals surface area contributed by atoms with Crippen molar-refractivity contribution in [3.63, 3.8) is 0 Å². The van der Waals surface area contributed by atoms with E-state index in [1.807, 2.05) is 24.3 Å². The molecule has 2 atom stereocenters. The molecule has 23 heavy (non-hydrogen) atoms. The first-order valence-corrected chi connectivity index (χ1v) is 9.29. The van der Waals surface area contributed by atoms with Gasteiger partial charge in [0.15, 0.2) is 5.16 Å². The first-order valence-electron chi connectivity index (χ1n) is 7.55. The lowest BCUT2D eigenvalue weighted by atomic mass is 10.1. The number of thioether (sulfide) groups is 1. The van der Waals surface area contributed by atoms with Crippen LogP contribution in [0.5, 0.6) is 0 Å². The van der Waals surface area contributed by atoms with E-state index in [9.17, 15) is 4.79 Å². The first kappa shape index (κ1) is 16.9. The predicted octanol–water partition coefficient (Wildman–Crippen LogP) is 5.38. The number of fused-ring (bicyclic) bond motifs is 1. The molecule has 122 valence electrons. The van der Waals surface area contributed by atoms with Crippen LogP contribution < -0.4 is 0 Å². The average molecular weight is 369 g/mol. The molecule has 1 fully saturated rings. The number of rotatable bonds is 4. The van der Waals surface area contributed by atoms with Gasteiger partial charge in [0.1, 0.15) is 4.49 Å². The molecule has 1 aromatic carbocycles. The summed E-state index contributed by atoms with van der Waals surface area (Å²) < 4.78 is 1.98. The van der Waals surface area contributed by atoms with Crippen LogP contribution in [-0.4, -0.2) is 21.2 Å². The molecule has 3 rings (SSSR count). The molecule has 1 aromatic heterocycles. The Hall–Kier alpha value is -0.970. The average Bonchev–Trinajstić information content (AvgIpc) is 2.85. The van der Waals surface area contributed by atoms with Gasteiger partial charge >= 0.3 is 0 Å². The van der Waals surface area contributed by atoms with Crippen molar-refractivity contribution in [2.24, 2.45) is 17.3 Å². The summed E-state index contributed by atoms with van der Waals surface area (Å²) in [4.78, 5) is 17.8. The first-order chi connectivity index (χ1) is 10.9. The van der Waals surface area contributed by atoms with Crippen LogP contribution in [0.25, 0.3) is 11.0 Å². The second-order valence-corrected chi connectivity index (χ2v) is 8.51. The SMILES string of the molecule is CCSc1nc2ccccc2n1C(=O)[C@@H]1[C@@H](C=C(Cl)Cl)C1(C)C. The molecular weight excluding hydrogens is 351 g/mol. The zero-order valence-electron chi connectivity index (χ0n) is 13.2. The monoisotopic (exact) mass is 368 g/mol. The Balaban J connectivity index is 2.05. The number of halogens is 2. The number of hydrogen-bond donors (Lipinski definition) is 0. The van der Waals surface area contributed by atoms with E-state index in [4.69, 9.17) is 23.2 Å². The fourth-order valence-electron chi connectivity index (χ4n) is 3.18. The van der Waals surface area contributed by atoms with Gasteiger partial charge in [0, 0.05) is 0 Å². The summed E-state index contributed by atoms with van der Waals surface area (Å²) in [5.74, 6) is 0.849. The Morgan fingerprint density at radius 1 is 1.39 bits per heavy atom. The smallest absolute Gasteiger partial charge is 0.237 e. The highest BCUT2D eigenvalue weighted by molar-refractivity contribution is 7.99. The minimum absolute atomic E-state index is 0.0561. The predicted molar refractivity (Wildman–Crippen MR) is 97.3 cm³/mol. The Labute approximate surface area is 150 Å². The topological polar surface area (TPSA) is 34.9 Å². The third-order valence-corrected chi connectivity index (χ3v) is 5.58. The van der Waals surface area contributed by atoms with Crippen molar-refractivity contribution in [1.29, 1.82) is 0 Å². The van der Waals surface area contributed by atoms with Gasteiger partial charge in [-0.25, -0.2) is 4.98 Å². The third kappa shape index (κ3) is 2.92. The lowest BCUT2D eigenvalue weighted by molar-refractivity contribution is 0.0863. The van der Waals surface area contributed by atoms with E-state index in [1.165, 1.54) is 0 Å². The summed E-state index contributed by atoms with van der Waals surface area (Å²) in [7, 11) is 0. The second-order valence-electron chi connectivity index (χ2n) is 6.27. The van der Waals surface area contributed by atoms with Gasteiger partial charge in [-0.2, -0.15) is 0 Å². The molecule has 1 aliphatic carbocycles. The molecule has 3 nitrogen and oxygen atoms in total. The molecule has 6 heteroatoms. The van der Waals surface area contributed by atoms with Gasteiger partial charge in [0.05, 0.1) is 17.0 Å². The van der Waals surface area contributed by atoms with Crippen molar-refractivity contribution >= 4 is 51.9 Å². The molecule has 0 radical (unpaired) electrons. The lowest BCUT2D eigenvalue weighted by Gasteiger charge is -2.08. The second kappa shape index (κ2) is 6.15. The maximum atomic E-state index is 13.2. The number of hydrogen-bond acceptors (Lipinski definition) is 3. The van der Waals surface area contributed by atoms with Gasteiger partial charge in [-0.05, 0) is 35.3 Å². The number of allylic oxidation sites excluding steroid dienone is 1. The van der Waals surface area contributed by atoms with E-state index < -0.39 is 0 Å². The summed E-state index contributed by atoms with van der Waals surface area (Å²) in [5, 5.41) is 0.751. The number of imidazole rings is 1. The summed E-state index contributed by atoms with van der Waals surface area (Å²) in [6.45, 7) is 6.19. The van der Waals surface area contributed by atoms with Gasteiger partial charge in [-0.15, -0.1) is 0 Å². The highest BCUT2D eigenvalue weighted by Crippen LogP contribution is 2.60. The Morgan fingerprint density at radius 3 is 2.74 bits per heavy atom. The molecule has 0 aliphatic heterocycles. The molecule has 0 spiro atoms. The fraction of sp³-hybridized carbons (Fsp3) is 0.412. The standard InChI is InChI=1S/C17H18Cl2N2OS/c1-4-23-16-20-11-7-5-6-8-12(11)21(16)15(22)14-10(9-13(18)19)17(14,2)3/h5-10,14H,4H2,1-3H3/t10-,14+/m1/s1. The van der Waals surface area contributed by atoms with Crippen LogP contribution in [0.2, 0.25) is 0 Å². The van der Waals surface area contributed by atoms with E-state index in [2.05, 4.69) is 25.8 Å². The van der Waals surface area contributed by atoms with Crippen LogP contribution in [0.1, 0.15) is 25.6 Å². The number of nitrogens with zero attached hydrogens (tertiary/aromatic N) is 2. The molecule has 2 aromatic rings. The van der Waals surface area contributed by atoms with Gasteiger partial charge < -0.3 is 0 Å². The van der Waals surface area contributed by atoms with Gasteiger partial charge in [0.25, 0.3) is 0 Å². The van der Waals surface area contributed by atoms with Crippen LogP contribution in [0.3, 0.4) is 0 Å². The zero-order chi connectivity index (χ0) is 16.8. The molecular formula is C17H18Cl2N2OS. The lowest BCUT2D eigenvalue weighted by Crippen LogP contribution is -2.17. The van der Waals surface area contributed by atoms with Crippen LogP contribution in [0, 0.1) is 17.3 Å². The van der Waals surface area contributed by atoms with Gasteiger partial charge in [-0.3, -0.25) is 9.36 Å². The number of para-hydroxylation sites is 2. The number of carbonyl (C=O) groups excluding carboxylic acids is 1. The van der Waals surface area contributed by atoms with Crippen molar-refractivity contribution in [1.82, 2.24) is 9.55 Å². The van der Waals surface area contributed by atoms with Crippen molar-refractivity contribution in [2.75, 3.05) is 5.75 Å². The molecule has 0 N–H and O–H groups in total. The highest BCUT2D eigenvalue weighted by Gasteiger charge is 2.61. The fourth-order valence-corrected chi connectivity index (χ4v) is 4.19. The van der Waals surface area contributed by atoms with Crippen molar-refractivity contribution in [3.8, 4) is 0 Å². The van der Waals surface area contributed by atoms with E-state index in [0.717, 1.165) is 21.9 Å². The summed E-state index contributed by atoms with van der Waals surface area (Å²) in [5.41, 5.74) is 1.56. The van der Waals surface area contributed by atoms with Crippen LogP contribution in [-0.2, 0) is 0 Å². The molecule has 0 bridgehead atoms. The minimum Gasteiger partial charge on any atom is -0.274 e. The molecule has 1 saturated carbocycles. The van der Waals surface area contributed by atoms with E-state index in [-0.39, 0.29) is 27.6 Å². The van der Waals surface area contributed by atoms with E-state index in [1.54, 1.807) is 22.4 Å². The van der Waals surface area contributed by atoms with E-state index in [0.29, 0.717) is 0 Å². The van der Waals surface area contributed by atoms with Crippen LogP contribution in [0.15, 0.2) is 40.0 Å². The molecule has 0 amide bonds. The number of carbonyl (C=O) groups is 1. The summed E-state index contributed by atoms with van der Waals surface area (Å²) in [6, 6.07) is 7.74. The Morgan fingerprint density at radius 2 is 2.09 bits per heavy atom. The molecule has 1 aliphatic rings. The summed E-state index contributed by atoms with van der Waals surface area (Å²) >= 11 is 13.2.